The molecule has 180 valence electrons. The molecule has 0 heterocycles. The highest BCUT2D eigenvalue weighted by atomic mass is 79.9. The third kappa shape index (κ3) is 8.21. The van der Waals surface area contributed by atoms with Gasteiger partial charge >= 0.3 is 0 Å². The highest BCUT2D eigenvalue weighted by Crippen LogP contribution is 2.55. The van der Waals surface area contributed by atoms with E-state index in [4.69, 9.17) is 0 Å². The summed E-state index contributed by atoms with van der Waals surface area (Å²) in [6, 6.07) is 33.6. The Kier molecular flexibility index (Phi) is 12.7. The molecule has 0 saturated carbocycles. The van der Waals surface area contributed by atoms with Crippen LogP contribution in [0.15, 0.2) is 103 Å². The smallest absolute Gasteiger partial charge is 0.0928 e. The van der Waals surface area contributed by atoms with Crippen molar-refractivity contribution in [3.63, 3.8) is 0 Å². The molecule has 3 aromatic rings. The van der Waals surface area contributed by atoms with Gasteiger partial charge in [0.25, 0.3) is 0 Å². The predicted molar refractivity (Wildman–Crippen MR) is 159 cm³/mol. The normalized spacial score (nSPS) is 11.8. The first-order valence-electron chi connectivity index (χ1n) is 13.1. The Morgan fingerprint density at radius 3 is 1.26 bits per heavy atom. The number of halogens is 1. The van der Waals surface area contributed by atoms with Crippen molar-refractivity contribution in [2.45, 2.75) is 64.2 Å². The standard InChI is InChI=1S/C32H41BrP/c33-28-20-9-7-5-3-1-2-4-6-8-10-21-29-34(30-22-14-11-15-23-30,31-24-16-12-17-25-31)32-26-18-13-19-27-32/h10-19,21-27H,1-9,20,28-29H2/q+1. The minimum Gasteiger partial charge on any atom is -0.0928 e. The van der Waals surface area contributed by atoms with Crippen LogP contribution in [0, 0.1) is 0 Å². The first-order chi connectivity index (χ1) is 16.9. The van der Waals surface area contributed by atoms with E-state index in [1.54, 1.807) is 0 Å². The van der Waals surface area contributed by atoms with Gasteiger partial charge < -0.3 is 0 Å². The minimum absolute atomic E-state index is 1.08. The molecule has 3 aromatic carbocycles. The maximum absolute atomic E-state index is 3.52. The number of alkyl halides is 1. The summed E-state index contributed by atoms with van der Waals surface area (Å²) >= 11 is 3.52. The molecule has 0 spiro atoms. The zero-order valence-electron chi connectivity index (χ0n) is 20.6. The molecule has 0 aliphatic rings. The van der Waals surface area contributed by atoms with E-state index in [2.05, 4.69) is 119 Å². The average molecular weight is 537 g/mol. The molecular weight excluding hydrogens is 495 g/mol. The molecule has 0 bridgehead atoms. The van der Waals surface area contributed by atoms with E-state index in [9.17, 15) is 0 Å². The largest absolute Gasteiger partial charge is 0.115 e. The number of unbranched alkanes of at least 4 members (excludes halogenated alkanes) is 9. The SMILES string of the molecule is BrCCCCCCCCCCCC=CC[P+](c1ccccc1)(c1ccccc1)c1ccccc1. The van der Waals surface area contributed by atoms with E-state index in [1.165, 1.54) is 80.1 Å². The molecule has 0 N–H and O–H groups in total. The van der Waals surface area contributed by atoms with Crippen molar-refractivity contribution < 1.29 is 0 Å². The Morgan fingerprint density at radius 1 is 0.471 bits per heavy atom. The van der Waals surface area contributed by atoms with Crippen molar-refractivity contribution in [3.05, 3.63) is 103 Å². The Balaban J connectivity index is 1.60. The fourth-order valence-electron chi connectivity index (χ4n) is 4.76. The molecule has 0 aromatic heterocycles. The summed E-state index contributed by atoms with van der Waals surface area (Å²) in [7, 11) is -1.73. The lowest BCUT2D eigenvalue weighted by Gasteiger charge is -2.26. The van der Waals surface area contributed by atoms with E-state index in [0.29, 0.717) is 0 Å². The molecule has 0 amide bonds. The third-order valence-corrected chi connectivity index (χ3v) is 11.5. The molecule has 2 heteroatoms. The number of hydrogen-bond donors (Lipinski definition) is 0. The maximum Gasteiger partial charge on any atom is 0.115 e. The Hall–Kier alpha value is -1.69. The second-order valence-electron chi connectivity index (χ2n) is 9.13. The van der Waals surface area contributed by atoms with Crippen LogP contribution in [0.1, 0.15) is 64.2 Å². The molecule has 0 atom stereocenters. The Morgan fingerprint density at radius 2 is 0.853 bits per heavy atom. The average Bonchev–Trinajstić information content (AvgIpc) is 2.91. The molecule has 34 heavy (non-hydrogen) atoms. The lowest BCUT2D eigenvalue weighted by atomic mass is 10.1. The summed E-state index contributed by atoms with van der Waals surface area (Å²) in [6.07, 6.45) is 19.6. The first kappa shape index (κ1) is 26.9. The highest BCUT2D eigenvalue weighted by Gasteiger charge is 2.43. The van der Waals surface area contributed by atoms with E-state index >= 15 is 0 Å². The van der Waals surface area contributed by atoms with Crippen LogP contribution in [0.25, 0.3) is 0 Å². The zero-order valence-corrected chi connectivity index (χ0v) is 23.1. The van der Waals surface area contributed by atoms with Crippen LogP contribution in [-0.2, 0) is 0 Å². The number of hydrogen-bond acceptors (Lipinski definition) is 0. The number of allylic oxidation sites excluding steroid dienone is 2. The van der Waals surface area contributed by atoms with Crippen LogP contribution < -0.4 is 15.9 Å². The zero-order chi connectivity index (χ0) is 23.7. The van der Waals surface area contributed by atoms with Gasteiger partial charge in [-0.2, -0.15) is 0 Å². The molecule has 0 nitrogen and oxygen atoms in total. The van der Waals surface area contributed by atoms with Gasteiger partial charge in [-0.3, -0.25) is 0 Å². The second-order valence-corrected chi connectivity index (χ2v) is 13.5. The Bertz CT molecular complexity index is 824. The summed E-state index contributed by atoms with van der Waals surface area (Å²) in [5.41, 5.74) is 0. The highest BCUT2D eigenvalue weighted by molar-refractivity contribution is 9.09. The maximum atomic E-state index is 3.52. The number of benzene rings is 3. The van der Waals surface area contributed by atoms with Gasteiger partial charge in [-0.15, -0.1) is 0 Å². The Labute approximate surface area is 217 Å². The fourth-order valence-corrected chi connectivity index (χ4v) is 9.19. The van der Waals surface area contributed by atoms with Crippen LogP contribution >= 0.6 is 23.2 Å². The second kappa shape index (κ2) is 16.1. The molecule has 0 radical (unpaired) electrons. The van der Waals surface area contributed by atoms with Crippen molar-refractivity contribution in [1.82, 2.24) is 0 Å². The van der Waals surface area contributed by atoms with Gasteiger partial charge in [0.15, 0.2) is 0 Å². The van der Waals surface area contributed by atoms with E-state index in [-0.39, 0.29) is 0 Å². The van der Waals surface area contributed by atoms with Crippen molar-refractivity contribution >= 4 is 39.1 Å². The lowest BCUT2D eigenvalue weighted by Crippen LogP contribution is -2.32. The van der Waals surface area contributed by atoms with Crippen molar-refractivity contribution in [3.8, 4) is 0 Å². The first-order valence-corrected chi connectivity index (χ1v) is 16.2. The molecular formula is C32H41BrP+. The van der Waals surface area contributed by atoms with Gasteiger partial charge in [-0.1, -0.05) is 128 Å². The van der Waals surface area contributed by atoms with Gasteiger partial charge in [0, 0.05) is 5.33 Å². The predicted octanol–water partition coefficient (Wildman–Crippen LogP) is 8.83. The minimum atomic E-state index is -1.73. The number of rotatable bonds is 16. The summed E-state index contributed by atoms with van der Waals surface area (Å²) in [4.78, 5) is 0. The summed E-state index contributed by atoms with van der Waals surface area (Å²) in [5.74, 6) is 0. The van der Waals surface area contributed by atoms with Gasteiger partial charge in [0.1, 0.15) is 23.2 Å². The van der Waals surface area contributed by atoms with Crippen molar-refractivity contribution in [2.24, 2.45) is 0 Å². The molecule has 3 rings (SSSR count). The van der Waals surface area contributed by atoms with Crippen LogP contribution in [0.3, 0.4) is 0 Å². The summed E-state index contributed by atoms with van der Waals surface area (Å²) in [6.45, 7) is 0. The molecule has 0 fully saturated rings. The van der Waals surface area contributed by atoms with Crippen LogP contribution in [0.2, 0.25) is 0 Å². The quantitative estimate of drug-likeness (QED) is 0.0743. The lowest BCUT2D eigenvalue weighted by molar-refractivity contribution is 0.567. The van der Waals surface area contributed by atoms with Gasteiger partial charge in [0.05, 0.1) is 6.16 Å². The van der Waals surface area contributed by atoms with E-state index < -0.39 is 7.26 Å². The van der Waals surface area contributed by atoms with Crippen LogP contribution in [-0.4, -0.2) is 11.5 Å². The van der Waals surface area contributed by atoms with E-state index in [1.807, 2.05) is 0 Å². The van der Waals surface area contributed by atoms with Crippen molar-refractivity contribution in [2.75, 3.05) is 11.5 Å². The van der Waals surface area contributed by atoms with Crippen LogP contribution in [0.5, 0.6) is 0 Å². The summed E-state index contributed by atoms with van der Waals surface area (Å²) < 4.78 is 0. The molecule has 0 aliphatic heterocycles. The van der Waals surface area contributed by atoms with Gasteiger partial charge in [0.2, 0.25) is 0 Å². The summed E-state index contributed by atoms with van der Waals surface area (Å²) in [5, 5.41) is 5.56. The van der Waals surface area contributed by atoms with Gasteiger partial charge in [-0.05, 0) is 55.7 Å². The van der Waals surface area contributed by atoms with Crippen molar-refractivity contribution in [1.29, 1.82) is 0 Å². The molecule has 0 unspecified atom stereocenters. The third-order valence-electron chi connectivity index (χ3n) is 6.64. The molecule has 0 aliphatic carbocycles. The molecule has 0 saturated heterocycles. The van der Waals surface area contributed by atoms with Gasteiger partial charge in [-0.25, -0.2) is 0 Å². The topological polar surface area (TPSA) is 0 Å². The fraction of sp³-hybridized carbons (Fsp3) is 0.375. The van der Waals surface area contributed by atoms with Crippen LogP contribution in [0.4, 0.5) is 0 Å². The monoisotopic (exact) mass is 535 g/mol. The van der Waals surface area contributed by atoms with E-state index in [0.717, 1.165) is 11.5 Å².